The van der Waals surface area contributed by atoms with Gasteiger partial charge in [-0.2, -0.15) is 0 Å². The number of thiophene rings is 1. The van der Waals surface area contributed by atoms with E-state index in [2.05, 4.69) is 31.9 Å². The molecule has 17 heavy (non-hydrogen) atoms. The average Bonchev–Trinajstić information content (AvgIpc) is 2.58. The van der Waals surface area contributed by atoms with Crippen LogP contribution in [0.5, 0.6) is 0 Å². The van der Waals surface area contributed by atoms with Crippen LogP contribution in [0, 0.1) is 0 Å². The first-order valence-corrected chi connectivity index (χ1v) is 7.85. The van der Waals surface area contributed by atoms with E-state index in [4.69, 9.17) is 0 Å². The van der Waals surface area contributed by atoms with Crippen molar-refractivity contribution in [2.24, 2.45) is 0 Å². The zero-order valence-electron chi connectivity index (χ0n) is 9.16. The number of aliphatic hydroxyl groups is 1. The molecular weight excluding hydrogens is 370 g/mol. The number of carbonyl (C=O) groups is 1. The second-order valence-electron chi connectivity index (χ2n) is 4.19. The third-order valence-electron chi connectivity index (χ3n) is 2.80. The van der Waals surface area contributed by atoms with Crippen LogP contribution in [0.25, 0.3) is 0 Å². The van der Waals surface area contributed by atoms with Gasteiger partial charge in [0.25, 0.3) is 0 Å². The second-order valence-corrected chi connectivity index (χ2v) is 7.94. The fourth-order valence-corrected chi connectivity index (χ4v) is 4.85. The molecule has 1 aromatic rings. The smallest absolute Gasteiger partial charge is 0.178 e. The number of ketones is 1. The Kier molecular flexibility index (Phi) is 4.77. The summed E-state index contributed by atoms with van der Waals surface area (Å²) in [6.45, 7) is 1.89. The van der Waals surface area contributed by atoms with Crippen LogP contribution in [0.3, 0.4) is 0 Å². The van der Waals surface area contributed by atoms with Crippen molar-refractivity contribution in [1.29, 1.82) is 0 Å². The Morgan fingerprint density at radius 1 is 1.59 bits per heavy atom. The Hall–Kier alpha value is 0.250. The van der Waals surface area contributed by atoms with Gasteiger partial charge in [0.15, 0.2) is 5.78 Å². The summed E-state index contributed by atoms with van der Waals surface area (Å²) >= 11 is 8.27. The van der Waals surface area contributed by atoms with Crippen molar-refractivity contribution >= 4 is 49.0 Å². The molecule has 1 N–H and O–H groups in total. The van der Waals surface area contributed by atoms with Crippen molar-refractivity contribution in [2.45, 2.75) is 18.9 Å². The topological polar surface area (TPSA) is 40.5 Å². The summed E-state index contributed by atoms with van der Waals surface area (Å²) in [6.07, 6.45) is 1.52. The van der Waals surface area contributed by atoms with E-state index in [1.54, 1.807) is 0 Å². The molecule has 0 amide bonds. The number of hydrogen-bond acceptors (Lipinski definition) is 4. The van der Waals surface area contributed by atoms with E-state index in [0.717, 1.165) is 32.5 Å². The maximum Gasteiger partial charge on any atom is 0.178 e. The van der Waals surface area contributed by atoms with Crippen LogP contribution in [0.2, 0.25) is 0 Å². The summed E-state index contributed by atoms with van der Waals surface area (Å²) < 4.78 is 1.82. The van der Waals surface area contributed by atoms with E-state index >= 15 is 0 Å². The van der Waals surface area contributed by atoms with E-state index in [9.17, 15) is 9.90 Å². The van der Waals surface area contributed by atoms with Crippen LogP contribution in [0.15, 0.2) is 13.6 Å². The lowest BCUT2D eigenvalue weighted by atomic mass is 10.1. The minimum Gasteiger partial charge on any atom is -0.392 e. The number of hydrogen-bond donors (Lipinski definition) is 1. The number of aliphatic hydroxyl groups excluding tert-OH is 1. The van der Waals surface area contributed by atoms with Crippen molar-refractivity contribution in [3.63, 3.8) is 0 Å². The molecule has 94 valence electrons. The molecule has 0 bridgehead atoms. The summed E-state index contributed by atoms with van der Waals surface area (Å²) in [6, 6.07) is 1.84. The molecule has 0 saturated carbocycles. The molecule has 0 radical (unpaired) electrons. The predicted molar refractivity (Wildman–Crippen MR) is 75.7 cm³/mol. The van der Waals surface area contributed by atoms with E-state index in [1.165, 1.54) is 11.3 Å². The molecule has 6 heteroatoms. The van der Waals surface area contributed by atoms with Crippen LogP contribution in [0.4, 0.5) is 0 Å². The molecule has 0 spiro atoms. The van der Waals surface area contributed by atoms with Gasteiger partial charge in [-0.3, -0.25) is 9.69 Å². The number of piperidine rings is 1. The summed E-state index contributed by atoms with van der Waals surface area (Å²) in [5.41, 5.74) is 0.724. The third-order valence-corrected chi connectivity index (χ3v) is 5.14. The largest absolute Gasteiger partial charge is 0.392 e. The van der Waals surface area contributed by atoms with Crippen molar-refractivity contribution in [1.82, 2.24) is 4.90 Å². The summed E-state index contributed by atoms with van der Waals surface area (Å²) in [5, 5.41) is 9.55. The highest BCUT2D eigenvalue weighted by atomic mass is 79.9. The van der Waals surface area contributed by atoms with Gasteiger partial charge < -0.3 is 5.11 Å². The highest BCUT2D eigenvalue weighted by Gasteiger charge is 2.22. The van der Waals surface area contributed by atoms with Gasteiger partial charge in [0, 0.05) is 12.1 Å². The fraction of sp³-hybridized carbons (Fsp3) is 0.545. The van der Waals surface area contributed by atoms with E-state index in [1.807, 2.05) is 11.0 Å². The molecule has 1 aromatic heterocycles. The second kappa shape index (κ2) is 5.93. The highest BCUT2D eigenvalue weighted by molar-refractivity contribution is 9.12. The monoisotopic (exact) mass is 381 g/mol. The number of Topliss-reactive ketones (excluding diaryl/α,β-unsaturated/α-hetero) is 1. The lowest BCUT2D eigenvalue weighted by molar-refractivity contribution is 0.0634. The molecule has 1 fully saturated rings. The molecule has 1 aliphatic rings. The Balaban J connectivity index is 1.99. The average molecular weight is 383 g/mol. The van der Waals surface area contributed by atoms with Crippen LogP contribution < -0.4 is 0 Å². The minimum absolute atomic E-state index is 0.105. The molecule has 3 nitrogen and oxygen atoms in total. The van der Waals surface area contributed by atoms with Crippen LogP contribution >= 0.6 is 43.2 Å². The third kappa shape index (κ3) is 3.61. The first-order chi connectivity index (χ1) is 8.06. The van der Waals surface area contributed by atoms with E-state index in [-0.39, 0.29) is 11.9 Å². The van der Waals surface area contributed by atoms with E-state index in [0.29, 0.717) is 13.1 Å². The van der Waals surface area contributed by atoms with Gasteiger partial charge in [-0.15, -0.1) is 11.3 Å². The fourth-order valence-electron chi connectivity index (χ4n) is 1.99. The Labute approximate surface area is 121 Å². The Bertz CT molecular complexity index is 422. The summed E-state index contributed by atoms with van der Waals surface area (Å²) in [4.78, 5) is 14.1. The lowest BCUT2D eigenvalue weighted by Crippen LogP contribution is -2.41. The number of β-amino-alcohol motifs (C(OH)–C–C–N with tert-alkyl or cyclic N) is 1. The molecule has 2 heterocycles. The van der Waals surface area contributed by atoms with Gasteiger partial charge in [-0.05, 0) is 57.3 Å². The number of halogens is 2. The van der Waals surface area contributed by atoms with Gasteiger partial charge in [0.2, 0.25) is 0 Å². The summed E-state index contributed by atoms with van der Waals surface area (Å²) in [5.74, 6) is 0.105. The van der Waals surface area contributed by atoms with Crippen molar-refractivity contribution < 1.29 is 9.90 Å². The maximum atomic E-state index is 12.1. The van der Waals surface area contributed by atoms with Crippen LogP contribution in [0.1, 0.15) is 23.2 Å². The molecule has 2 rings (SSSR count). The molecule has 0 aliphatic carbocycles. The van der Waals surface area contributed by atoms with Gasteiger partial charge >= 0.3 is 0 Å². The first kappa shape index (κ1) is 13.7. The molecule has 1 saturated heterocycles. The number of carbonyl (C=O) groups excluding carboxylic acids is 1. The Morgan fingerprint density at radius 2 is 2.35 bits per heavy atom. The normalized spacial score (nSPS) is 21.7. The van der Waals surface area contributed by atoms with Crippen LogP contribution in [-0.2, 0) is 0 Å². The van der Waals surface area contributed by atoms with Crippen molar-refractivity contribution in [3.8, 4) is 0 Å². The van der Waals surface area contributed by atoms with Gasteiger partial charge in [0.05, 0.1) is 20.2 Å². The quantitative estimate of drug-likeness (QED) is 0.817. The van der Waals surface area contributed by atoms with E-state index < -0.39 is 0 Å². The first-order valence-electron chi connectivity index (χ1n) is 5.44. The van der Waals surface area contributed by atoms with Gasteiger partial charge in [0.1, 0.15) is 0 Å². The molecule has 1 unspecified atom stereocenters. The zero-order valence-corrected chi connectivity index (χ0v) is 13.1. The molecule has 1 atom stereocenters. The van der Waals surface area contributed by atoms with Crippen LogP contribution in [-0.4, -0.2) is 41.5 Å². The molecule has 1 aliphatic heterocycles. The van der Waals surface area contributed by atoms with Gasteiger partial charge in [-0.1, -0.05) is 0 Å². The molecular formula is C11H13Br2NO2S. The lowest BCUT2D eigenvalue weighted by Gasteiger charge is -2.29. The summed E-state index contributed by atoms with van der Waals surface area (Å²) in [7, 11) is 0. The zero-order chi connectivity index (χ0) is 12.4. The standard InChI is InChI=1S/C11H13Br2NO2S/c12-10-4-8(11(13)17-10)9(16)6-14-3-1-2-7(15)5-14/h4,7,15H,1-3,5-6H2. The number of likely N-dealkylation sites (tertiary alicyclic amines) is 1. The Morgan fingerprint density at radius 3 is 2.94 bits per heavy atom. The van der Waals surface area contributed by atoms with Crippen molar-refractivity contribution in [2.75, 3.05) is 19.6 Å². The number of rotatable bonds is 3. The minimum atomic E-state index is -0.283. The highest BCUT2D eigenvalue weighted by Crippen LogP contribution is 2.32. The predicted octanol–water partition coefficient (Wildman–Crippen LogP) is 2.91. The number of nitrogens with zero attached hydrogens (tertiary/aromatic N) is 1. The van der Waals surface area contributed by atoms with Gasteiger partial charge in [-0.25, -0.2) is 0 Å². The molecule has 0 aromatic carbocycles. The maximum absolute atomic E-state index is 12.1. The SMILES string of the molecule is O=C(CN1CCCC(O)C1)c1cc(Br)sc1Br. The van der Waals surface area contributed by atoms with Crippen molar-refractivity contribution in [3.05, 3.63) is 19.2 Å².